The Labute approximate surface area is 127 Å². The molecule has 2 atom stereocenters. The van der Waals surface area contributed by atoms with Crippen molar-refractivity contribution in [2.24, 2.45) is 17.1 Å². The number of nitrogens with zero attached hydrogens (tertiary/aromatic N) is 2. The van der Waals surface area contributed by atoms with Crippen molar-refractivity contribution < 1.29 is 22.8 Å². The largest absolute Gasteiger partial charge is 0.406 e. The Balaban J connectivity index is 1.98. The summed E-state index contributed by atoms with van der Waals surface area (Å²) >= 11 is 0. The molecule has 5 nitrogen and oxygen atoms in total. The van der Waals surface area contributed by atoms with E-state index >= 15 is 0 Å². The molecule has 0 aromatic rings. The number of hydrogen-bond acceptors (Lipinski definition) is 3. The average molecular weight is 321 g/mol. The van der Waals surface area contributed by atoms with Crippen LogP contribution in [0, 0.1) is 11.3 Å². The van der Waals surface area contributed by atoms with Crippen molar-refractivity contribution in [1.29, 1.82) is 0 Å². The van der Waals surface area contributed by atoms with Crippen molar-refractivity contribution in [3.63, 3.8) is 0 Å². The van der Waals surface area contributed by atoms with E-state index in [-0.39, 0.29) is 30.3 Å². The van der Waals surface area contributed by atoms with E-state index in [0.29, 0.717) is 19.5 Å². The molecule has 0 aromatic heterocycles. The minimum absolute atomic E-state index is 0.0107. The van der Waals surface area contributed by atoms with Gasteiger partial charge in [0.05, 0.1) is 5.92 Å². The summed E-state index contributed by atoms with van der Waals surface area (Å²) in [6.45, 7) is 3.45. The van der Waals surface area contributed by atoms with Crippen molar-refractivity contribution in [1.82, 2.24) is 9.80 Å². The third-order valence-corrected chi connectivity index (χ3v) is 4.56. The van der Waals surface area contributed by atoms with Crippen molar-refractivity contribution in [2.75, 3.05) is 26.2 Å². The molecular formula is C14H22F3N3O2. The standard InChI is InChI=1S/C14H22F3N3O2/c1-13(2)7-19(4-3-10(13)18)12(22)9-5-11(21)20(6-9)8-14(15,16)17/h9-10H,3-8,18H2,1-2H3. The van der Waals surface area contributed by atoms with E-state index in [1.165, 1.54) is 0 Å². The number of piperidine rings is 1. The van der Waals surface area contributed by atoms with Crippen LogP contribution in [0.2, 0.25) is 0 Å². The molecule has 2 saturated heterocycles. The van der Waals surface area contributed by atoms with Crippen LogP contribution in [-0.2, 0) is 9.59 Å². The SMILES string of the molecule is CC1(C)CN(C(=O)C2CC(=O)N(CC(F)(F)F)C2)CCC1N. The Bertz CT molecular complexity index is 465. The number of alkyl halides is 3. The van der Waals surface area contributed by atoms with E-state index in [4.69, 9.17) is 5.73 Å². The van der Waals surface area contributed by atoms with Gasteiger partial charge in [0, 0.05) is 32.1 Å². The van der Waals surface area contributed by atoms with Crippen LogP contribution >= 0.6 is 0 Å². The molecule has 0 aromatic carbocycles. The fourth-order valence-corrected chi connectivity index (χ4v) is 3.13. The maximum atomic E-state index is 12.5. The molecule has 2 unspecified atom stereocenters. The lowest BCUT2D eigenvalue weighted by molar-refractivity contribution is -0.157. The number of rotatable bonds is 2. The van der Waals surface area contributed by atoms with Crippen molar-refractivity contribution in [3.05, 3.63) is 0 Å². The molecule has 2 rings (SSSR count). The topological polar surface area (TPSA) is 66.6 Å². The molecular weight excluding hydrogens is 299 g/mol. The van der Waals surface area contributed by atoms with Crippen molar-refractivity contribution in [2.45, 2.75) is 38.9 Å². The fourth-order valence-electron chi connectivity index (χ4n) is 3.13. The van der Waals surface area contributed by atoms with Crippen LogP contribution in [0.3, 0.4) is 0 Å². The summed E-state index contributed by atoms with van der Waals surface area (Å²) in [6, 6.07) is -0.0107. The molecule has 2 fully saturated rings. The van der Waals surface area contributed by atoms with E-state index in [1.807, 2.05) is 13.8 Å². The first-order valence-electron chi connectivity index (χ1n) is 7.38. The zero-order chi connectivity index (χ0) is 16.7. The van der Waals surface area contributed by atoms with Gasteiger partial charge in [-0.15, -0.1) is 0 Å². The Morgan fingerprint density at radius 1 is 1.41 bits per heavy atom. The van der Waals surface area contributed by atoms with Gasteiger partial charge in [-0.25, -0.2) is 0 Å². The minimum atomic E-state index is -4.44. The second-order valence-electron chi connectivity index (χ2n) is 6.93. The van der Waals surface area contributed by atoms with Gasteiger partial charge in [0.1, 0.15) is 6.54 Å². The van der Waals surface area contributed by atoms with Crippen LogP contribution < -0.4 is 5.73 Å². The summed E-state index contributed by atoms with van der Waals surface area (Å²) in [7, 11) is 0. The van der Waals surface area contributed by atoms with Gasteiger partial charge in [0.15, 0.2) is 0 Å². The number of hydrogen-bond donors (Lipinski definition) is 1. The van der Waals surface area contributed by atoms with Gasteiger partial charge >= 0.3 is 6.18 Å². The lowest BCUT2D eigenvalue weighted by Crippen LogP contribution is -2.55. The number of halogens is 3. The van der Waals surface area contributed by atoms with Crippen molar-refractivity contribution >= 4 is 11.8 Å². The molecule has 2 aliphatic rings. The highest BCUT2D eigenvalue weighted by Crippen LogP contribution is 2.31. The zero-order valence-electron chi connectivity index (χ0n) is 12.8. The molecule has 0 saturated carbocycles. The maximum Gasteiger partial charge on any atom is 0.406 e. The highest BCUT2D eigenvalue weighted by Gasteiger charge is 2.43. The molecule has 2 aliphatic heterocycles. The maximum absolute atomic E-state index is 12.5. The van der Waals surface area contributed by atoms with Crippen LogP contribution in [0.25, 0.3) is 0 Å². The van der Waals surface area contributed by atoms with E-state index in [9.17, 15) is 22.8 Å². The number of nitrogens with two attached hydrogens (primary N) is 1. The van der Waals surface area contributed by atoms with Crippen LogP contribution in [0.1, 0.15) is 26.7 Å². The van der Waals surface area contributed by atoms with E-state index in [0.717, 1.165) is 4.90 Å². The van der Waals surface area contributed by atoms with E-state index < -0.39 is 24.5 Å². The number of carbonyl (C=O) groups is 2. The highest BCUT2D eigenvalue weighted by molar-refractivity contribution is 5.89. The second-order valence-corrected chi connectivity index (χ2v) is 6.93. The third-order valence-electron chi connectivity index (χ3n) is 4.56. The summed E-state index contributed by atoms with van der Waals surface area (Å²) in [5.74, 6) is -1.53. The minimum Gasteiger partial charge on any atom is -0.342 e. The molecule has 8 heteroatoms. The first-order chi connectivity index (χ1) is 9.99. The van der Waals surface area contributed by atoms with Gasteiger partial charge in [0.2, 0.25) is 11.8 Å². The summed E-state index contributed by atoms with van der Waals surface area (Å²) in [4.78, 5) is 26.5. The van der Waals surface area contributed by atoms with Crippen LogP contribution in [0.4, 0.5) is 13.2 Å². The van der Waals surface area contributed by atoms with Gasteiger partial charge in [-0.1, -0.05) is 13.8 Å². The number of carbonyl (C=O) groups excluding carboxylic acids is 2. The molecule has 2 N–H and O–H groups in total. The van der Waals surface area contributed by atoms with E-state index in [1.54, 1.807) is 4.90 Å². The van der Waals surface area contributed by atoms with Gasteiger partial charge in [0.25, 0.3) is 0 Å². The molecule has 2 amide bonds. The monoisotopic (exact) mass is 321 g/mol. The van der Waals surface area contributed by atoms with Crippen LogP contribution in [-0.4, -0.2) is 60.0 Å². The Hall–Kier alpha value is -1.31. The average Bonchev–Trinajstić information content (AvgIpc) is 2.71. The van der Waals surface area contributed by atoms with Gasteiger partial charge in [-0.2, -0.15) is 13.2 Å². The third kappa shape index (κ3) is 3.71. The lowest BCUT2D eigenvalue weighted by atomic mass is 9.79. The summed E-state index contributed by atoms with van der Waals surface area (Å²) in [5.41, 5.74) is 5.78. The predicted octanol–water partition coefficient (Wildman–Crippen LogP) is 0.983. The van der Waals surface area contributed by atoms with Crippen LogP contribution in [0.15, 0.2) is 0 Å². The molecule has 0 radical (unpaired) electrons. The molecule has 22 heavy (non-hydrogen) atoms. The quantitative estimate of drug-likeness (QED) is 0.824. The van der Waals surface area contributed by atoms with Crippen molar-refractivity contribution in [3.8, 4) is 0 Å². The fraction of sp³-hybridized carbons (Fsp3) is 0.857. The number of amides is 2. The second kappa shape index (κ2) is 5.72. The Kier molecular flexibility index (Phi) is 4.43. The summed E-state index contributed by atoms with van der Waals surface area (Å²) in [5, 5.41) is 0. The normalized spacial score (nSPS) is 29.1. The molecule has 0 spiro atoms. The Morgan fingerprint density at radius 3 is 2.59 bits per heavy atom. The summed E-state index contributed by atoms with van der Waals surface area (Å²) in [6.07, 6.45) is -3.92. The molecule has 126 valence electrons. The molecule has 0 bridgehead atoms. The van der Waals surface area contributed by atoms with Gasteiger partial charge in [-0.3, -0.25) is 9.59 Å². The predicted molar refractivity (Wildman–Crippen MR) is 73.7 cm³/mol. The lowest BCUT2D eigenvalue weighted by Gasteiger charge is -2.43. The van der Waals surface area contributed by atoms with Crippen LogP contribution in [0.5, 0.6) is 0 Å². The molecule has 0 aliphatic carbocycles. The highest BCUT2D eigenvalue weighted by atomic mass is 19.4. The molecule has 2 heterocycles. The first kappa shape index (κ1) is 17.1. The number of likely N-dealkylation sites (tertiary alicyclic amines) is 2. The Morgan fingerprint density at radius 2 is 2.05 bits per heavy atom. The van der Waals surface area contributed by atoms with Gasteiger partial charge < -0.3 is 15.5 Å². The smallest absolute Gasteiger partial charge is 0.342 e. The van der Waals surface area contributed by atoms with Gasteiger partial charge in [-0.05, 0) is 11.8 Å². The summed E-state index contributed by atoms with van der Waals surface area (Å²) < 4.78 is 37.2. The first-order valence-corrected chi connectivity index (χ1v) is 7.38. The van der Waals surface area contributed by atoms with E-state index in [2.05, 4.69) is 0 Å². The zero-order valence-corrected chi connectivity index (χ0v) is 12.8.